The molecule has 1 saturated carbocycles. The molecule has 0 saturated heterocycles. The van der Waals surface area contributed by atoms with E-state index >= 15 is 0 Å². The summed E-state index contributed by atoms with van der Waals surface area (Å²) in [5.74, 6) is 3.85. The van der Waals surface area contributed by atoms with Crippen molar-refractivity contribution in [3.8, 4) is 0 Å². The summed E-state index contributed by atoms with van der Waals surface area (Å²) in [4.78, 5) is 0.992. The Kier molecular flexibility index (Phi) is 7.28. The van der Waals surface area contributed by atoms with E-state index in [2.05, 4.69) is 76.5 Å². The summed E-state index contributed by atoms with van der Waals surface area (Å²) >= 11 is 4.50. The molecule has 0 heterocycles. The topological polar surface area (TPSA) is 12.0 Å². The quantitative estimate of drug-likeness (QED) is 0.525. The molecule has 0 aliphatic heterocycles. The standard InChI is InChI=1S/C22H35NS/c1-15(2)22-11-7-16(3)12-19(22)9-8-18(5)23-20-13-17(4)6-10-21(24)14-20/h6,10,13-17,19,22-24H,5,7-9,11-12H2,1-4H3/t16?,17-,19+,22?/m0/s1. The van der Waals surface area contributed by atoms with Crippen molar-refractivity contribution < 1.29 is 0 Å². The van der Waals surface area contributed by atoms with Gasteiger partial charge in [-0.1, -0.05) is 58.9 Å². The molecule has 1 N–H and O–H groups in total. The second kappa shape index (κ2) is 8.99. The average Bonchev–Trinajstić information content (AvgIpc) is 2.65. The number of hydrogen-bond donors (Lipinski definition) is 2. The van der Waals surface area contributed by atoms with E-state index in [1.54, 1.807) is 0 Å². The van der Waals surface area contributed by atoms with E-state index in [1.807, 2.05) is 0 Å². The van der Waals surface area contributed by atoms with Gasteiger partial charge < -0.3 is 5.32 Å². The highest BCUT2D eigenvalue weighted by Gasteiger charge is 2.30. The van der Waals surface area contributed by atoms with Gasteiger partial charge in [-0.3, -0.25) is 0 Å². The van der Waals surface area contributed by atoms with Crippen molar-refractivity contribution in [2.75, 3.05) is 0 Å². The largest absolute Gasteiger partial charge is 0.360 e. The smallest absolute Gasteiger partial charge is 0.0358 e. The normalized spacial score (nSPS) is 30.6. The van der Waals surface area contributed by atoms with Gasteiger partial charge in [0.05, 0.1) is 0 Å². The zero-order valence-corrected chi connectivity index (χ0v) is 16.8. The Hall–Kier alpha value is -0.890. The average molecular weight is 346 g/mol. The molecule has 2 heteroatoms. The summed E-state index contributed by atoms with van der Waals surface area (Å²) in [6, 6.07) is 0. The van der Waals surface area contributed by atoms with Crippen LogP contribution < -0.4 is 5.32 Å². The maximum Gasteiger partial charge on any atom is 0.0358 e. The third-order valence-corrected chi connectivity index (χ3v) is 5.89. The highest BCUT2D eigenvalue weighted by Crippen LogP contribution is 2.40. The molecule has 2 aliphatic rings. The molecule has 4 atom stereocenters. The molecule has 134 valence electrons. The third-order valence-electron chi connectivity index (χ3n) is 5.61. The molecule has 0 spiro atoms. The van der Waals surface area contributed by atoms with Crippen LogP contribution in [0.4, 0.5) is 0 Å². The van der Waals surface area contributed by atoms with Crippen LogP contribution in [0, 0.1) is 29.6 Å². The highest BCUT2D eigenvalue weighted by molar-refractivity contribution is 7.84. The Balaban J connectivity index is 1.89. The summed E-state index contributed by atoms with van der Waals surface area (Å²) < 4.78 is 0. The third kappa shape index (κ3) is 5.88. The molecule has 2 rings (SSSR count). The predicted molar refractivity (Wildman–Crippen MR) is 110 cm³/mol. The maximum atomic E-state index is 4.50. The molecular weight excluding hydrogens is 310 g/mol. The Morgan fingerprint density at radius 1 is 1.33 bits per heavy atom. The Labute approximate surface area is 154 Å². The van der Waals surface area contributed by atoms with E-state index in [-0.39, 0.29) is 0 Å². The fourth-order valence-electron chi connectivity index (χ4n) is 4.28. The van der Waals surface area contributed by atoms with Crippen LogP contribution in [0.1, 0.15) is 59.8 Å². The van der Waals surface area contributed by atoms with Gasteiger partial charge in [0.15, 0.2) is 0 Å². The zero-order chi connectivity index (χ0) is 17.7. The first-order valence-electron chi connectivity index (χ1n) is 9.60. The van der Waals surface area contributed by atoms with Crippen molar-refractivity contribution >= 4 is 12.6 Å². The lowest BCUT2D eigenvalue weighted by atomic mass is 9.68. The minimum Gasteiger partial charge on any atom is -0.360 e. The van der Waals surface area contributed by atoms with E-state index in [9.17, 15) is 0 Å². The number of nitrogens with one attached hydrogen (secondary N) is 1. The van der Waals surface area contributed by atoms with E-state index in [0.29, 0.717) is 5.92 Å². The molecule has 1 nitrogen and oxygen atoms in total. The van der Waals surface area contributed by atoms with Gasteiger partial charge in [-0.05, 0) is 61.3 Å². The van der Waals surface area contributed by atoms with Crippen molar-refractivity contribution in [3.05, 3.63) is 47.2 Å². The zero-order valence-electron chi connectivity index (χ0n) is 15.9. The van der Waals surface area contributed by atoms with Crippen LogP contribution in [0.2, 0.25) is 0 Å². The van der Waals surface area contributed by atoms with Crippen LogP contribution in [0.3, 0.4) is 0 Å². The molecule has 2 aliphatic carbocycles. The minimum atomic E-state index is 0.422. The first-order valence-corrected chi connectivity index (χ1v) is 10.0. The molecule has 0 aromatic heterocycles. The second-order valence-electron chi connectivity index (χ2n) is 8.26. The number of thiol groups is 1. The number of hydrogen-bond acceptors (Lipinski definition) is 2. The van der Waals surface area contributed by atoms with Crippen LogP contribution in [0.5, 0.6) is 0 Å². The minimum absolute atomic E-state index is 0.422. The molecular formula is C22H35NS. The van der Waals surface area contributed by atoms with Gasteiger partial charge in [0.25, 0.3) is 0 Å². The van der Waals surface area contributed by atoms with E-state index in [4.69, 9.17) is 0 Å². The summed E-state index contributed by atoms with van der Waals surface area (Å²) in [5, 5.41) is 3.52. The van der Waals surface area contributed by atoms with Gasteiger partial charge in [0.2, 0.25) is 0 Å². The van der Waals surface area contributed by atoms with Crippen molar-refractivity contribution in [1.82, 2.24) is 5.32 Å². The highest BCUT2D eigenvalue weighted by atomic mass is 32.1. The van der Waals surface area contributed by atoms with Crippen LogP contribution in [0.25, 0.3) is 0 Å². The predicted octanol–water partition coefficient (Wildman–Crippen LogP) is 6.48. The maximum absolute atomic E-state index is 4.50. The molecule has 0 radical (unpaired) electrons. The van der Waals surface area contributed by atoms with Crippen molar-refractivity contribution in [1.29, 1.82) is 0 Å². The lowest BCUT2D eigenvalue weighted by molar-refractivity contribution is 0.136. The van der Waals surface area contributed by atoms with Crippen LogP contribution in [0.15, 0.2) is 47.2 Å². The molecule has 0 aromatic rings. The second-order valence-corrected chi connectivity index (χ2v) is 8.78. The van der Waals surface area contributed by atoms with Gasteiger partial charge in [-0.25, -0.2) is 0 Å². The SMILES string of the molecule is C=C(CC[C@@H]1CC(C)CCC1C(C)C)NC1=C[C@@H](C)C=CC(S)=C1. The Bertz CT molecular complexity index is 526. The Morgan fingerprint density at radius 3 is 2.79 bits per heavy atom. The fraction of sp³-hybridized carbons (Fsp3) is 0.636. The summed E-state index contributed by atoms with van der Waals surface area (Å²) in [6.07, 6.45) is 15.1. The summed E-state index contributed by atoms with van der Waals surface area (Å²) in [5.41, 5.74) is 2.26. The first kappa shape index (κ1) is 19.4. The van der Waals surface area contributed by atoms with Gasteiger partial charge in [0, 0.05) is 16.3 Å². The fourth-order valence-corrected chi connectivity index (χ4v) is 4.51. The van der Waals surface area contributed by atoms with E-state index in [1.165, 1.54) is 25.7 Å². The van der Waals surface area contributed by atoms with E-state index < -0.39 is 0 Å². The molecule has 0 amide bonds. The van der Waals surface area contributed by atoms with Gasteiger partial charge in [0.1, 0.15) is 0 Å². The molecule has 1 fully saturated rings. The lowest BCUT2D eigenvalue weighted by Gasteiger charge is -2.37. The van der Waals surface area contributed by atoms with Crippen LogP contribution in [-0.2, 0) is 0 Å². The number of allylic oxidation sites excluding steroid dienone is 5. The van der Waals surface area contributed by atoms with Crippen molar-refractivity contribution in [3.63, 3.8) is 0 Å². The first-order chi connectivity index (χ1) is 11.3. The van der Waals surface area contributed by atoms with Gasteiger partial charge >= 0.3 is 0 Å². The van der Waals surface area contributed by atoms with Crippen molar-refractivity contribution in [2.45, 2.75) is 59.8 Å². The molecule has 0 aromatic carbocycles. The van der Waals surface area contributed by atoms with Gasteiger partial charge in [-0.2, -0.15) is 0 Å². The van der Waals surface area contributed by atoms with E-state index in [0.717, 1.165) is 46.4 Å². The van der Waals surface area contributed by atoms with Gasteiger partial charge in [-0.15, -0.1) is 12.6 Å². The molecule has 2 unspecified atom stereocenters. The molecule has 24 heavy (non-hydrogen) atoms. The van der Waals surface area contributed by atoms with Crippen LogP contribution >= 0.6 is 12.6 Å². The number of rotatable bonds is 6. The monoisotopic (exact) mass is 345 g/mol. The summed E-state index contributed by atoms with van der Waals surface area (Å²) in [6.45, 7) is 13.7. The Morgan fingerprint density at radius 2 is 2.08 bits per heavy atom. The lowest BCUT2D eigenvalue weighted by Crippen LogP contribution is -2.28. The van der Waals surface area contributed by atoms with Crippen LogP contribution in [-0.4, -0.2) is 0 Å². The molecule has 0 bridgehead atoms. The summed E-state index contributed by atoms with van der Waals surface area (Å²) in [7, 11) is 0. The van der Waals surface area contributed by atoms with Crippen molar-refractivity contribution in [2.24, 2.45) is 29.6 Å².